The van der Waals surface area contributed by atoms with E-state index in [1.807, 2.05) is 42.5 Å². The topological polar surface area (TPSA) is 57.7 Å². The molecule has 0 unspecified atom stereocenters. The van der Waals surface area contributed by atoms with Gasteiger partial charge in [-0.15, -0.1) is 0 Å². The molecule has 26 heavy (non-hydrogen) atoms. The molecular formula is C21H22N2O3. The van der Waals surface area contributed by atoms with E-state index < -0.39 is 17.4 Å². The summed E-state index contributed by atoms with van der Waals surface area (Å²) >= 11 is 0. The van der Waals surface area contributed by atoms with Crippen molar-refractivity contribution in [2.75, 3.05) is 13.1 Å². The van der Waals surface area contributed by atoms with Crippen molar-refractivity contribution in [3.05, 3.63) is 54.1 Å². The molecule has 0 N–H and O–H groups in total. The van der Waals surface area contributed by atoms with Gasteiger partial charge in [0.2, 0.25) is 5.91 Å². The maximum Gasteiger partial charge on any atom is 0.333 e. The summed E-state index contributed by atoms with van der Waals surface area (Å²) < 4.78 is 0. The van der Waals surface area contributed by atoms with E-state index in [1.54, 1.807) is 26.8 Å². The maximum absolute atomic E-state index is 12.5. The first-order valence-electron chi connectivity index (χ1n) is 8.62. The van der Waals surface area contributed by atoms with Gasteiger partial charge in [-0.05, 0) is 22.4 Å². The van der Waals surface area contributed by atoms with Crippen molar-refractivity contribution in [3.8, 4) is 0 Å². The van der Waals surface area contributed by atoms with Crippen molar-refractivity contribution in [2.24, 2.45) is 5.41 Å². The van der Waals surface area contributed by atoms with Gasteiger partial charge in [-0.1, -0.05) is 63.2 Å². The number of urea groups is 1. The van der Waals surface area contributed by atoms with Crippen LogP contribution >= 0.6 is 0 Å². The van der Waals surface area contributed by atoms with Crippen molar-refractivity contribution in [1.82, 2.24) is 9.80 Å². The van der Waals surface area contributed by atoms with Crippen LogP contribution in [0, 0.1) is 5.41 Å². The molecule has 4 amide bonds. The first kappa shape index (κ1) is 17.9. The summed E-state index contributed by atoms with van der Waals surface area (Å²) in [5.74, 6) is -0.678. The molecule has 1 aliphatic heterocycles. The van der Waals surface area contributed by atoms with Crippen LogP contribution in [0.3, 0.4) is 0 Å². The van der Waals surface area contributed by atoms with Gasteiger partial charge in [0.25, 0.3) is 5.91 Å². The Labute approximate surface area is 152 Å². The molecule has 0 atom stereocenters. The smallest absolute Gasteiger partial charge is 0.274 e. The van der Waals surface area contributed by atoms with Crippen LogP contribution in [0.2, 0.25) is 0 Å². The summed E-state index contributed by atoms with van der Waals surface area (Å²) in [6.45, 7) is 5.73. The number of carbonyl (C=O) groups excluding carboxylic acids is 3. The van der Waals surface area contributed by atoms with Crippen LogP contribution in [0.1, 0.15) is 26.3 Å². The number of fused-ring (bicyclic) bond motifs is 1. The maximum atomic E-state index is 12.5. The van der Waals surface area contributed by atoms with Gasteiger partial charge < -0.3 is 0 Å². The Morgan fingerprint density at radius 2 is 1.62 bits per heavy atom. The Kier molecular flexibility index (Phi) is 4.64. The minimum absolute atomic E-state index is 0.222. The zero-order chi connectivity index (χ0) is 18.9. The van der Waals surface area contributed by atoms with Crippen molar-refractivity contribution >= 4 is 34.7 Å². The van der Waals surface area contributed by atoms with Gasteiger partial charge in [-0.3, -0.25) is 19.4 Å². The molecule has 134 valence electrons. The molecule has 0 bridgehead atoms. The zero-order valence-corrected chi connectivity index (χ0v) is 15.2. The second-order valence-corrected chi connectivity index (χ2v) is 7.38. The van der Waals surface area contributed by atoms with E-state index in [0.717, 1.165) is 26.1 Å². The second-order valence-electron chi connectivity index (χ2n) is 7.38. The fraction of sp³-hybridized carbons (Fsp3) is 0.286. The Morgan fingerprint density at radius 3 is 2.35 bits per heavy atom. The molecular weight excluding hydrogens is 328 g/mol. The molecule has 3 rings (SSSR count). The van der Waals surface area contributed by atoms with E-state index in [4.69, 9.17) is 0 Å². The van der Waals surface area contributed by atoms with E-state index in [-0.39, 0.29) is 19.0 Å². The van der Waals surface area contributed by atoms with Crippen molar-refractivity contribution in [1.29, 1.82) is 0 Å². The van der Waals surface area contributed by atoms with Crippen molar-refractivity contribution < 1.29 is 14.4 Å². The first-order chi connectivity index (χ1) is 12.3. The molecule has 2 aromatic carbocycles. The second kappa shape index (κ2) is 6.75. The molecule has 0 saturated carbocycles. The fourth-order valence-electron chi connectivity index (χ4n) is 2.98. The predicted octanol–water partition coefficient (Wildman–Crippen LogP) is 3.69. The zero-order valence-electron chi connectivity index (χ0n) is 15.2. The van der Waals surface area contributed by atoms with Crippen LogP contribution < -0.4 is 0 Å². The molecule has 1 aliphatic rings. The number of carbonyl (C=O) groups is 3. The summed E-state index contributed by atoms with van der Waals surface area (Å²) in [4.78, 5) is 39.5. The number of nitrogens with zero attached hydrogens (tertiary/aromatic N) is 2. The van der Waals surface area contributed by atoms with Crippen LogP contribution in [0.25, 0.3) is 16.8 Å². The van der Waals surface area contributed by atoms with E-state index >= 15 is 0 Å². The highest BCUT2D eigenvalue weighted by Crippen LogP contribution is 2.22. The lowest BCUT2D eigenvalue weighted by Gasteiger charge is -2.23. The highest BCUT2D eigenvalue weighted by Gasteiger charge is 2.39. The molecule has 0 spiro atoms. The van der Waals surface area contributed by atoms with Gasteiger partial charge in [0.05, 0.1) is 0 Å². The SMILES string of the molecule is CC(C)(C)C(=O)N1CCN(C(=O)/C=C/c2cccc3ccccc23)C1=O. The molecule has 5 heteroatoms. The van der Waals surface area contributed by atoms with Crippen molar-refractivity contribution in [2.45, 2.75) is 20.8 Å². The number of hydrogen-bond donors (Lipinski definition) is 0. The summed E-state index contributed by atoms with van der Waals surface area (Å²) in [6.07, 6.45) is 3.11. The first-order valence-corrected chi connectivity index (χ1v) is 8.62. The summed E-state index contributed by atoms with van der Waals surface area (Å²) in [6, 6.07) is 13.2. The highest BCUT2D eigenvalue weighted by atomic mass is 16.2. The molecule has 1 saturated heterocycles. The largest absolute Gasteiger partial charge is 0.333 e. The minimum Gasteiger partial charge on any atom is -0.274 e. The number of hydrogen-bond acceptors (Lipinski definition) is 3. The molecule has 5 nitrogen and oxygen atoms in total. The Hall–Kier alpha value is -2.95. The van der Waals surface area contributed by atoms with Crippen LogP contribution in [0.5, 0.6) is 0 Å². The highest BCUT2D eigenvalue weighted by molar-refractivity contribution is 6.09. The third-order valence-electron chi connectivity index (χ3n) is 4.39. The predicted molar refractivity (Wildman–Crippen MR) is 101 cm³/mol. The monoisotopic (exact) mass is 350 g/mol. The van der Waals surface area contributed by atoms with Gasteiger partial charge in [-0.25, -0.2) is 4.79 Å². The van der Waals surface area contributed by atoms with Crippen LogP contribution in [-0.2, 0) is 9.59 Å². The van der Waals surface area contributed by atoms with Crippen LogP contribution in [0.4, 0.5) is 4.79 Å². The molecule has 0 aliphatic carbocycles. The summed E-state index contributed by atoms with van der Waals surface area (Å²) in [5.41, 5.74) is 0.249. The van der Waals surface area contributed by atoms with E-state index in [9.17, 15) is 14.4 Å². The van der Waals surface area contributed by atoms with Crippen LogP contribution in [0.15, 0.2) is 48.5 Å². The fourth-order valence-corrected chi connectivity index (χ4v) is 2.98. The lowest BCUT2D eigenvalue weighted by atomic mass is 9.95. The number of imide groups is 2. The lowest BCUT2D eigenvalue weighted by molar-refractivity contribution is -0.135. The quantitative estimate of drug-likeness (QED) is 0.776. The average Bonchev–Trinajstić information content (AvgIpc) is 2.99. The summed E-state index contributed by atoms with van der Waals surface area (Å²) in [5, 5.41) is 2.12. The van der Waals surface area contributed by atoms with Gasteiger partial charge >= 0.3 is 6.03 Å². The third kappa shape index (κ3) is 3.38. The molecule has 2 aromatic rings. The lowest BCUT2D eigenvalue weighted by Crippen LogP contribution is -2.43. The number of amides is 4. The summed E-state index contributed by atoms with van der Waals surface area (Å²) in [7, 11) is 0. The molecule has 1 fully saturated rings. The normalized spacial score (nSPS) is 15.3. The van der Waals surface area contributed by atoms with E-state index in [2.05, 4.69) is 0 Å². The van der Waals surface area contributed by atoms with Gasteiger partial charge in [0.1, 0.15) is 0 Å². The Morgan fingerprint density at radius 1 is 0.962 bits per heavy atom. The number of rotatable bonds is 2. The average molecular weight is 350 g/mol. The number of benzene rings is 2. The molecule has 0 radical (unpaired) electrons. The Balaban J connectivity index is 1.77. The van der Waals surface area contributed by atoms with Gasteiger partial charge in [-0.2, -0.15) is 0 Å². The third-order valence-corrected chi connectivity index (χ3v) is 4.39. The van der Waals surface area contributed by atoms with Gasteiger partial charge in [0, 0.05) is 24.6 Å². The molecule has 0 aromatic heterocycles. The van der Waals surface area contributed by atoms with Crippen molar-refractivity contribution in [3.63, 3.8) is 0 Å². The Bertz CT molecular complexity index is 904. The van der Waals surface area contributed by atoms with E-state index in [0.29, 0.717) is 0 Å². The van der Waals surface area contributed by atoms with E-state index in [1.165, 1.54) is 6.08 Å². The van der Waals surface area contributed by atoms with Gasteiger partial charge in [0.15, 0.2) is 0 Å². The minimum atomic E-state index is -0.659. The molecule has 1 heterocycles. The standard InChI is InChI=1S/C21H22N2O3/c1-21(2,3)19(25)23-14-13-22(20(23)26)18(24)12-11-16-9-6-8-15-7-4-5-10-17(15)16/h4-12H,13-14H2,1-3H3/b12-11+. The van der Waals surface area contributed by atoms with Crippen LogP contribution in [-0.4, -0.2) is 40.7 Å².